The van der Waals surface area contributed by atoms with Crippen molar-refractivity contribution in [3.63, 3.8) is 0 Å². The van der Waals surface area contributed by atoms with E-state index in [4.69, 9.17) is 5.11 Å². The molecular formula is C9H10F3NO3. The lowest BCUT2D eigenvalue weighted by atomic mass is 10.2. The van der Waals surface area contributed by atoms with E-state index >= 15 is 0 Å². The van der Waals surface area contributed by atoms with Crippen LogP contribution in [0.4, 0.5) is 13.2 Å². The van der Waals surface area contributed by atoms with Crippen LogP contribution in [0.25, 0.3) is 0 Å². The molecule has 0 aliphatic carbocycles. The molecule has 16 heavy (non-hydrogen) atoms. The fourth-order valence-electron chi connectivity index (χ4n) is 1.49. The van der Waals surface area contributed by atoms with Crippen molar-refractivity contribution in [2.75, 3.05) is 6.54 Å². The van der Waals surface area contributed by atoms with E-state index in [-0.39, 0.29) is 0 Å². The van der Waals surface area contributed by atoms with Gasteiger partial charge in [-0.25, -0.2) is 4.79 Å². The summed E-state index contributed by atoms with van der Waals surface area (Å²) in [6.45, 7) is 0.346. The summed E-state index contributed by atoms with van der Waals surface area (Å²) in [5.74, 6) is -3.08. The molecular weight excluding hydrogens is 227 g/mol. The Morgan fingerprint density at radius 3 is 2.50 bits per heavy atom. The summed E-state index contributed by atoms with van der Waals surface area (Å²) >= 11 is 0. The first-order valence-electron chi connectivity index (χ1n) is 4.60. The average molecular weight is 237 g/mol. The van der Waals surface area contributed by atoms with E-state index in [1.165, 1.54) is 4.90 Å². The van der Waals surface area contributed by atoms with Gasteiger partial charge >= 0.3 is 12.1 Å². The lowest BCUT2D eigenvalue weighted by molar-refractivity contribution is -0.165. The third kappa shape index (κ3) is 2.98. The van der Waals surface area contributed by atoms with Crippen LogP contribution in [0.2, 0.25) is 0 Å². The number of rotatable bonds is 3. The normalized spacial score (nSPS) is 21.7. The highest BCUT2D eigenvalue weighted by atomic mass is 19.4. The zero-order chi connectivity index (χ0) is 12.3. The van der Waals surface area contributed by atoms with Gasteiger partial charge in [0.25, 0.3) is 5.78 Å². The highest BCUT2D eigenvalue weighted by molar-refractivity contribution is 5.94. The Hall–Kier alpha value is -1.53. The van der Waals surface area contributed by atoms with Gasteiger partial charge in [-0.1, -0.05) is 0 Å². The summed E-state index contributed by atoms with van der Waals surface area (Å²) in [6.07, 6.45) is -2.68. The van der Waals surface area contributed by atoms with Crippen LogP contribution in [-0.2, 0) is 9.59 Å². The van der Waals surface area contributed by atoms with Crippen LogP contribution in [-0.4, -0.2) is 40.5 Å². The fourth-order valence-corrected chi connectivity index (χ4v) is 1.49. The summed E-state index contributed by atoms with van der Waals surface area (Å²) in [4.78, 5) is 22.4. The van der Waals surface area contributed by atoms with Crippen molar-refractivity contribution < 1.29 is 27.9 Å². The Balaban J connectivity index is 2.63. The van der Waals surface area contributed by atoms with Gasteiger partial charge in [0.1, 0.15) is 6.04 Å². The molecule has 4 nitrogen and oxygen atoms in total. The van der Waals surface area contributed by atoms with Crippen LogP contribution in [0.15, 0.2) is 12.3 Å². The Labute approximate surface area is 89.3 Å². The molecule has 0 bridgehead atoms. The number of halogens is 3. The van der Waals surface area contributed by atoms with Crippen molar-refractivity contribution in [3.8, 4) is 0 Å². The number of alkyl halides is 3. The molecule has 0 spiro atoms. The molecule has 1 aliphatic heterocycles. The molecule has 90 valence electrons. The van der Waals surface area contributed by atoms with Crippen molar-refractivity contribution in [2.45, 2.75) is 25.1 Å². The zero-order valence-electron chi connectivity index (χ0n) is 8.20. The monoisotopic (exact) mass is 237 g/mol. The predicted molar refractivity (Wildman–Crippen MR) is 47.6 cm³/mol. The SMILES string of the molecule is O=C(O)[C@H]1CCCN1/C=C/C(=O)C(F)(F)F. The van der Waals surface area contributed by atoms with Crippen LogP contribution in [0, 0.1) is 0 Å². The van der Waals surface area contributed by atoms with Crippen LogP contribution in [0.3, 0.4) is 0 Å². The number of allylic oxidation sites excluding steroid dienone is 1. The highest BCUT2D eigenvalue weighted by Crippen LogP contribution is 2.20. The van der Waals surface area contributed by atoms with E-state index in [1.807, 2.05) is 0 Å². The quantitative estimate of drug-likeness (QED) is 0.749. The number of carboxylic acid groups (broad SMARTS) is 1. The van der Waals surface area contributed by atoms with Crippen LogP contribution >= 0.6 is 0 Å². The molecule has 0 aromatic carbocycles. The van der Waals surface area contributed by atoms with E-state index in [9.17, 15) is 22.8 Å². The third-order valence-electron chi connectivity index (χ3n) is 2.28. The summed E-state index contributed by atoms with van der Waals surface area (Å²) < 4.78 is 35.5. The molecule has 0 amide bonds. The first-order valence-corrected chi connectivity index (χ1v) is 4.60. The minimum Gasteiger partial charge on any atom is -0.480 e. The molecule has 1 N–H and O–H groups in total. The summed E-state index contributed by atoms with van der Waals surface area (Å²) in [5.41, 5.74) is 0. The highest BCUT2D eigenvalue weighted by Gasteiger charge is 2.36. The largest absolute Gasteiger partial charge is 0.480 e. The maximum absolute atomic E-state index is 11.8. The van der Waals surface area contributed by atoms with E-state index in [0.717, 1.165) is 6.20 Å². The van der Waals surface area contributed by atoms with Gasteiger partial charge in [0.05, 0.1) is 0 Å². The summed E-state index contributed by atoms with van der Waals surface area (Å²) in [5, 5.41) is 8.73. The number of aliphatic carboxylic acids is 1. The lowest BCUT2D eigenvalue weighted by Crippen LogP contribution is -2.32. The van der Waals surface area contributed by atoms with Crippen LogP contribution in [0.5, 0.6) is 0 Å². The zero-order valence-corrected chi connectivity index (χ0v) is 8.20. The van der Waals surface area contributed by atoms with Crippen molar-refractivity contribution >= 4 is 11.8 Å². The van der Waals surface area contributed by atoms with E-state index in [1.54, 1.807) is 0 Å². The molecule has 1 heterocycles. The number of hydrogen-bond donors (Lipinski definition) is 1. The first-order chi connectivity index (χ1) is 7.32. The third-order valence-corrected chi connectivity index (χ3v) is 2.28. The van der Waals surface area contributed by atoms with Gasteiger partial charge in [-0.2, -0.15) is 13.2 Å². The number of hydrogen-bond acceptors (Lipinski definition) is 3. The second kappa shape index (κ2) is 4.54. The second-order valence-electron chi connectivity index (χ2n) is 3.41. The molecule has 1 saturated heterocycles. The average Bonchev–Trinajstić information content (AvgIpc) is 2.60. The fraction of sp³-hybridized carbons (Fsp3) is 0.556. The number of carbonyl (C=O) groups excluding carboxylic acids is 1. The van der Waals surface area contributed by atoms with Gasteiger partial charge in [-0.15, -0.1) is 0 Å². The van der Waals surface area contributed by atoms with Gasteiger partial charge < -0.3 is 10.0 Å². The van der Waals surface area contributed by atoms with Crippen molar-refractivity contribution in [3.05, 3.63) is 12.3 Å². The second-order valence-corrected chi connectivity index (χ2v) is 3.41. The van der Waals surface area contributed by atoms with Crippen molar-refractivity contribution in [1.82, 2.24) is 4.90 Å². The topological polar surface area (TPSA) is 57.6 Å². The molecule has 1 rings (SSSR count). The number of carboxylic acids is 1. The number of ketones is 1. The molecule has 0 unspecified atom stereocenters. The number of carbonyl (C=O) groups is 2. The van der Waals surface area contributed by atoms with Gasteiger partial charge in [0.2, 0.25) is 0 Å². The molecule has 0 aromatic rings. The smallest absolute Gasteiger partial charge is 0.454 e. The Morgan fingerprint density at radius 2 is 2.00 bits per heavy atom. The predicted octanol–water partition coefficient (Wildman–Crippen LogP) is 1.18. The molecule has 0 aromatic heterocycles. The standard InChI is InChI=1S/C9H10F3NO3/c10-9(11,12)7(14)3-5-13-4-1-2-6(13)8(15)16/h3,5-6H,1-2,4H2,(H,15,16)/b5-3+/t6-/m1/s1. The molecule has 7 heteroatoms. The van der Waals surface area contributed by atoms with Crippen LogP contribution in [0.1, 0.15) is 12.8 Å². The Bertz CT molecular complexity index is 324. The summed E-state index contributed by atoms with van der Waals surface area (Å²) in [6, 6.07) is -0.836. The summed E-state index contributed by atoms with van der Waals surface area (Å²) in [7, 11) is 0. The van der Waals surface area contributed by atoms with Gasteiger partial charge in [0.15, 0.2) is 0 Å². The minimum absolute atomic E-state index is 0.346. The number of likely N-dealkylation sites (tertiary alicyclic amines) is 1. The first kappa shape index (κ1) is 12.5. The van der Waals surface area contributed by atoms with Crippen molar-refractivity contribution in [1.29, 1.82) is 0 Å². The van der Waals surface area contributed by atoms with E-state index in [0.29, 0.717) is 25.5 Å². The molecule has 1 atom stereocenters. The Morgan fingerprint density at radius 1 is 1.38 bits per heavy atom. The minimum atomic E-state index is -4.91. The van der Waals surface area contributed by atoms with E-state index in [2.05, 4.69) is 0 Å². The van der Waals surface area contributed by atoms with Gasteiger partial charge in [0, 0.05) is 18.8 Å². The lowest BCUT2D eigenvalue weighted by Gasteiger charge is -2.18. The maximum Gasteiger partial charge on any atom is 0.454 e. The van der Waals surface area contributed by atoms with Crippen molar-refractivity contribution in [2.24, 2.45) is 0 Å². The van der Waals surface area contributed by atoms with Gasteiger partial charge in [-0.3, -0.25) is 4.79 Å². The molecule has 1 aliphatic rings. The number of nitrogens with zero attached hydrogens (tertiary/aromatic N) is 1. The molecule has 1 fully saturated rings. The van der Waals surface area contributed by atoms with Crippen LogP contribution < -0.4 is 0 Å². The molecule has 0 radical (unpaired) electrons. The maximum atomic E-state index is 11.8. The van der Waals surface area contributed by atoms with Gasteiger partial charge in [-0.05, 0) is 12.8 Å². The van der Waals surface area contributed by atoms with E-state index < -0.39 is 24.0 Å². The Kier molecular flexibility index (Phi) is 3.56. The molecule has 0 saturated carbocycles.